The Morgan fingerprint density at radius 3 is 2.80 bits per heavy atom. The molecule has 20 heavy (non-hydrogen) atoms. The second kappa shape index (κ2) is 6.24. The minimum atomic E-state index is -3.36. The number of piperidine rings is 1. The van der Waals surface area contributed by atoms with Crippen LogP contribution in [0.3, 0.4) is 0 Å². The quantitative estimate of drug-likeness (QED) is 0.926. The van der Waals surface area contributed by atoms with Crippen molar-refractivity contribution in [3.05, 3.63) is 29.3 Å². The Hall–Kier alpha value is -0.910. The highest BCUT2D eigenvalue weighted by Crippen LogP contribution is 2.26. The van der Waals surface area contributed by atoms with E-state index in [0.29, 0.717) is 30.4 Å². The van der Waals surface area contributed by atoms with Crippen molar-refractivity contribution in [2.24, 2.45) is 5.92 Å². The van der Waals surface area contributed by atoms with Crippen LogP contribution in [0, 0.1) is 12.8 Å². The van der Waals surface area contributed by atoms with Crippen molar-refractivity contribution in [1.82, 2.24) is 9.62 Å². The van der Waals surface area contributed by atoms with Crippen molar-refractivity contribution < 1.29 is 8.42 Å². The summed E-state index contributed by atoms with van der Waals surface area (Å²) in [5, 5.41) is 3.08. The van der Waals surface area contributed by atoms with Gasteiger partial charge in [-0.15, -0.1) is 0 Å². The fourth-order valence-corrected chi connectivity index (χ4v) is 4.69. The smallest absolute Gasteiger partial charge is 0.243 e. The van der Waals surface area contributed by atoms with Crippen molar-refractivity contribution >= 4 is 10.0 Å². The molecule has 0 radical (unpaired) electrons. The van der Waals surface area contributed by atoms with Crippen molar-refractivity contribution in [1.29, 1.82) is 0 Å². The summed E-state index contributed by atoms with van der Waals surface area (Å²) >= 11 is 0. The summed E-state index contributed by atoms with van der Waals surface area (Å²) in [5.41, 5.74) is 1.90. The third kappa shape index (κ3) is 3.05. The molecule has 0 amide bonds. The van der Waals surface area contributed by atoms with Crippen LogP contribution in [-0.2, 0) is 16.6 Å². The zero-order valence-electron chi connectivity index (χ0n) is 12.5. The number of benzene rings is 1. The average Bonchev–Trinajstić information content (AvgIpc) is 2.41. The molecule has 1 N–H and O–H groups in total. The van der Waals surface area contributed by atoms with Crippen LogP contribution in [-0.4, -0.2) is 32.9 Å². The van der Waals surface area contributed by atoms with E-state index in [4.69, 9.17) is 0 Å². The molecule has 1 aliphatic heterocycles. The molecule has 1 atom stereocenters. The molecule has 1 fully saturated rings. The summed E-state index contributed by atoms with van der Waals surface area (Å²) in [4.78, 5) is 0.458. The summed E-state index contributed by atoms with van der Waals surface area (Å²) in [7, 11) is -1.49. The lowest BCUT2D eigenvalue weighted by Gasteiger charge is -2.30. The van der Waals surface area contributed by atoms with Crippen molar-refractivity contribution in [3.8, 4) is 0 Å². The molecule has 1 aliphatic rings. The molecule has 1 heterocycles. The third-order valence-corrected chi connectivity index (χ3v) is 6.01. The zero-order valence-corrected chi connectivity index (χ0v) is 13.3. The molecule has 2 rings (SSSR count). The molecule has 0 saturated carbocycles. The topological polar surface area (TPSA) is 49.4 Å². The van der Waals surface area contributed by atoms with Crippen LogP contribution in [0.2, 0.25) is 0 Å². The van der Waals surface area contributed by atoms with E-state index in [-0.39, 0.29) is 0 Å². The Morgan fingerprint density at radius 2 is 2.15 bits per heavy atom. The van der Waals surface area contributed by atoms with E-state index < -0.39 is 10.0 Å². The van der Waals surface area contributed by atoms with Gasteiger partial charge >= 0.3 is 0 Å². The maximum Gasteiger partial charge on any atom is 0.243 e. The van der Waals surface area contributed by atoms with Gasteiger partial charge in [0.05, 0.1) is 4.90 Å². The van der Waals surface area contributed by atoms with Crippen molar-refractivity contribution in [3.63, 3.8) is 0 Å². The molecule has 4 nitrogen and oxygen atoms in total. The molecule has 0 aliphatic carbocycles. The van der Waals surface area contributed by atoms with Gasteiger partial charge in [0.25, 0.3) is 0 Å². The van der Waals surface area contributed by atoms with Crippen LogP contribution in [0.4, 0.5) is 0 Å². The molecular weight excluding hydrogens is 272 g/mol. The fraction of sp³-hybridized carbons (Fsp3) is 0.600. The highest BCUT2D eigenvalue weighted by molar-refractivity contribution is 7.89. The lowest BCUT2D eigenvalue weighted by Crippen LogP contribution is -2.39. The molecule has 1 aromatic rings. The molecular formula is C15H24N2O2S. The van der Waals surface area contributed by atoms with Gasteiger partial charge in [-0.05, 0) is 49.9 Å². The van der Waals surface area contributed by atoms with Crippen LogP contribution in [0.1, 0.15) is 30.9 Å². The van der Waals surface area contributed by atoms with Crippen LogP contribution in [0.25, 0.3) is 0 Å². The molecule has 1 aromatic carbocycles. The van der Waals surface area contributed by atoms with Gasteiger partial charge in [0, 0.05) is 19.6 Å². The second-order valence-corrected chi connectivity index (χ2v) is 7.59. The van der Waals surface area contributed by atoms with Crippen LogP contribution >= 0.6 is 0 Å². The Bertz CT molecular complexity index is 569. The fourth-order valence-electron chi connectivity index (χ4n) is 2.83. The van der Waals surface area contributed by atoms with Crippen molar-refractivity contribution in [2.75, 3.05) is 20.1 Å². The van der Waals surface area contributed by atoms with Gasteiger partial charge in [0.2, 0.25) is 10.0 Å². The highest BCUT2D eigenvalue weighted by atomic mass is 32.2. The summed E-state index contributed by atoms with van der Waals surface area (Å²) in [5.74, 6) is 0.444. The predicted octanol–water partition coefficient (Wildman–Crippen LogP) is 2.14. The lowest BCUT2D eigenvalue weighted by atomic mass is 10.0. The van der Waals surface area contributed by atoms with E-state index in [1.165, 1.54) is 0 Å². The molecule has 1 saturated heterocycles. The first-order valence-electron chi connectivity index (χ1n) is 7.20. The first-order valence-corrected chi connectivity index (χ1v) is 8.64. The second-order valence-electron chi connectivity index (χ2n) is 5.68. The first kappa shape index (κ1) is 15.5. The Kier molecular flexibility index (Phi) is 4.83. The Balaban J connectivity index is 2.36. The van der Waals surface area contributed by atoms with Gasteiger partial charge < -0.3 is 5.32 Å². The number of nitrogens with one attached hydrogen (secondary N) is 1. The van der Waals surface area contributed by atoms with E-state index in [1.807, 2.05) is 26.1 Å². The largest absolute Gasteiger partial charge is 0.316 e. The highest BCUT2D eigenvalue weighted by Gasteiger charge is 2.30. The molecule has 0 bridgehead atoms. The monoisotopic (exact) mass is 296 g/mol. The summed E-state index contributed by atoms with van der Waals surface area (Å²) < 4.78 is 27.3. The number of hydrogen-bond acceptors (Lipinski definition) is 3. The first-order chi connectivity index (χ1) is 9.46. The van der Waals surface area contributed by atoms with Gasteiger partial charge in [0.1, 0.15) is 0 Å². The standard InChI is InChI=1S/C15H24N2O2S/c1-12-6-5-9-17(11-12)20(18,19)15-8-4-7-14(10-16-3)13(15)2/h4,7-8,12,16H,5-6,9-11H2,1-3H3. The number of rotatable bonds is 4. The van der Waals surface area contributed by atoms with Gasteiger partial charge in [-0.2, -0.15) is 4.31 Å². The Labute approximate surface area is 122 Å². The minimum Gasteiger partial charge on any atom is -0.316 e. The van der Waals surface area contributed by atoms with E-state index in [9.17, 15) is 8.42 Å². The van der Waals surface area contributed by atoms with Crippen molar-refractivity contribution in [2.45, 2.75) is 38.1 Å². The lowest BCUT2D eigenvalue weighted by molar-refractivity contribution is 0.281. The molecule has 0 aromatic heterocycles. The van der Waals surface area contributed by atoms with Crippen LogP contribution in [0.15, 0.2) is 23.1 Å². The minimum absolute atomic E-state index is 0.444. The number of sulfonamides is 1. The van der Waals surface area contributed by atoms with Gasteiger partial charge in [0.15, 0.2) is 0 Å². The summed E-state index contributed by atoms with van der Waals surface area (Å²) in [6, 6.07) is 5.53. The zero-order chi connectivity index (χ0) is 14.8. The van der Waals surface area contributed by atoms with E-state index in [1.54, 1.807) is 10.4 Å². The molecule has 1 unspecified atom stereocenters. The van der Waals surface area contributed by atoms with Gasteiger partial charge in [-0.3, -0.25) is 0 Å². The maximum atomic E-state index is 12.8. The van der Waals surface area contributed by atoms with E-state index in [2.05, 4.69) is 12.2 Å². The summed E-state index contributed by atoms with van der Waals surface area (Å²) in [6.07, 6.45) is 2.07. The number of nitrogens with zero attached hydrogens (tertiary/aromatic N) is 1. The molecule has 0 spiro atoms. The van der Waals surface area contributed by atoms with Crippen LogP contribution in [0.5, 0.6) is 0 Å². The van der Waals surface area contributed by atoms with Crippen LogP contribution < -0.4 is 5.32 Å². The predicted molar refractivity (Wildman–Crippen MR) is 81.1 cm³/mol. The SMILES string of the molecule is CNCc1cccc(S(=O)(=O)N2CCCC(C)C2)c1C. The Morgan fingerprint density at radius 1 is 1.40 bits per heavy atom. The molecule has 5 heteroatoms. The summed E-state index contributed by atoms with van der Waals surface area (Å²) in [6.45, 7) is 5.98. The van der Waals surface area contributed by atoms with Gasteiger partial charge in [-0.25, -0.2) is 8.42 Å². The third-order valence-electron chi connectivity index (χ3n) is 4.00. The molecule has 112 valence electrons. The van der Waals surface area contributed by atoms with E-state index >= 15 is 0 Å². The average molecular weight is 296 g/mol. The van der Waals surface area contributed by atoms with Gasteiger partial charge in [-0.1, -0.05) is 19.1 Å². The number of hydrogen-bond donors (Lipinski definition) is 1. The maximum absolute atomic E-state index is 12.8. The van der Waals surface area contributed by atoms with E-state index in [0.717, 1.165) is 24.0 Å². The normalized spacial score (nSPS) is 21.1.